The van der Waals surface area contributed by atoms with Gasteiger partial charge in [0.25, 0.3) is 0 Å². The normalized spacial score (nSPS) is 11.6. The van der Waals surface area contributed by atoms with Crippen LogP contribution in [0.5, 0.6) is 5.75 Å². The molecule has 0 aromatic heterocycles. The standard InChI is InChI=1S/C13H16FNO5/c1-19-11-4-3-8(5-9(11)14)6-12(17)15-10(7-16)13(18)20-2/h3-5,10,16H,6-7H2,1-2H3,(H,15,17). The number of esters is 1. The second-order valence-electron chi connectivity index (χ2n) is 3.97. The van der Waals surface area contributed by atoms with Crippen LogP contribution >= 0.6 is 0 Å². The molecule has 0 bridgehead atoms. The number of hydrogen-bond donors (Lipinski definition) is 2. The third kappa shape index (κ3) is 4.20. The van der Waals surface area contributed by atoms with Gasteiger partial charge in [0.1, 0.15) is 0 Å². The van der Waals surface area contributed by atoms with E-state index in [9.17, 15) is 14.0 Å². The quantitative estimate of drug-likeness (QED) is 0.720. The summed E-state index contributed by atoms with van der Waals surface area (Å²) in [6.45, 7) is -0.574. The van der Waals surface area contributed by atoms with Gasteiger partial charge in [0.15, 0.2) is 17.6 Å². The van der Waals surface area contributed by atoms with Crippen molar-refractivity contribution >= 4 is 11.9 Å². The lowest BCUT2D eigenvalue weighted by molar-refractivity contribution is -0.146. The van der Waals surface area contributed by atoms with Crippen molar-refractivity contribution in [3.05, 3.63) is 29.6 Å². The number of aliphatic hydroxyl groups excluding tert-OH is 1. The summed E-state index contributed by atoms with van der Waals surface area (Å²) >= 11 is 0. The summed E-state index contributed by atoms with van der Waals surface area (Å²) in [4.78, 5) is 22.9. The van der Waals surface area contributed by atoms with Crippen LogP contribution in [-0.4, -0.2) is 43.9 Å². The molecular weight excluding hydrogens is 269 g/mol. The Labute approximate surface area is 115 Å². The summed E-state index contributed by atoms with van der Waals surface area (Å²) in [7, 11) is 2.49. The van der Waals surface area contributed by atoms with Gasteiger partial charge < -0.3 is 19.9 Å². The zero-order valence-corrected chi connectivity index (χ0v) is 11.2. The molecule has 0 saturated heterocycles. The van der Waals surface area contributed by atoms with Crippen LogP contribution in [0.25, 0.3) is 0 Å². The molecule has 1 aromatic rings. The lowest BCUT2D eigenvalue weighted by atomic mass is 10.1. The number of halogens is 1. The monoisotopic (exact) mass is 285 g/mol. The van der Waals surface area contributed by atoms with E-state index >= 15 is 0 Å². The predicted molar refractivity (Wildman–Crippen MR) is 67.7 cm³/mol. The first-order chi connectivity index (χ1) is 9.51. The highest BCUT2D eigenvalue weighted by Crippen LogP contribution is 2.17. The molecule has 0 spiro atoms. The van der Waals surface area contributed by atoms with Crippen LogP contribution in [0.15, 0.2) is 18.2 Å². The predicted octanol–water partition coefficient (Wildman–Crippen LogP) is 0.0269. The third-order valence-electron chi connectivity index (χ3n) is 2.58. The fourth-order valence-corrected chi connectivity index (χ4v) is 1.57. The van der Waals surface area contributed by atoms with Crippen molar-refractivity contribution in [1.82, 2.24) is 5.32 Å². The Bertz CT molecular complexity index is 492. The largest absolute Gasteiger partial charge is 0.494 e. The van der Waals surface area contributed by atoms with E-state index in [0.717, 1.165) is 7.11 Å². The summed E-state index contributed by atoms with van der Waals surface area (Å²) in [6, 6.07) is 2.98. The van der Waals surface area contributed by atoms with E-state index in [1.807, 2.05) is 0 Å². The number of rotatable bonds is 6. The zero-order valence-electron chi connectivity index (χ0n) is 11.2. The minimum absolute atomic E-state index is 0.0805. The van der Waals surface area contributed by atoms with Crippen LogP contribution < -0.4 is 10.1 Å². The number of methoxy groups -OCH3 is 2. The Kier molecular flexibility index (Phi) is 5.92. The molecule has 1 unspecified atom stereocenters. The summed E-state index contributed by atoms with van der Waals surface area (Å²) in [5.41, 5.74) is 0.419. The summed E-state index contributed by atoms with van der Waals surface area (Å²) in [5.74, 6) is -1.78. The van der Waals surface area contributed by atoms with Crippen molar-refractivity contribution < 1.29 is 28.6 Å². The maximum atomic E-state index is 13.4. The molecule has 2 N–H and O–H groups in total. The number of carbonyl (C=O) groups is 2. The molecule has 0 fully saturated rings. The van der Waals surface area contributed by atoms with Gasteiger partial charge in [0.05, 0.1) is 27.2 Å². The molecule has 0 saturated carbocycles. The SMILES string of the molecule is COC(=O)C(CO)NC(=O)Cc1ccc(OC)c(F)c1. The number of benzene rings is 1. The van der Waals surface area contributed by atoms with Crippen LogP contribution in [-0.2, 0) is 20.7 Å². The first-order valence-electron chi connectivity index (χ1n) is 5.82. The summed E-state index contributed by atoms with van der Waals surface area (Å²) in [6.07, 6.45) is -0.131. The van der Waals surface area contributed by atoms with E-state index in [4.69, 9.17) is 9.84 Å². The highest BCUT2D eigenvalue weighted by Gasteiger charge is 2.20. The Morgan fingerprint density at radius 2 is 2.10 bits per heavy atom. The van der Waals surface area contributed by atoms with Crippen molar-refractivity contribution in [1.29, 1.82) is 0 Å². The van der Waals surface area contributed by atoms with Crippen molar-refractivity contribution in [2.75, 3.05) is 20.8 Å². The molecule has 0 heterocycles. The molecule has 6 nitrogen and oxygen atoms in total. The van der Waals surface area contributed by atoms with Gasteiger partial charge in [-0.2, -0.15) is 0 Å². The molecule has 1 rings (SSSR count). The van der Waals surface area contributed by atoms with Gasteiger partial charge in [-0.1, -0.05) is 6.07 Å². The fraction of sp³-hybridized carbons (Fsp3) is 0.385. The number of hydrogen-bond acceptors (Lipinski definition) is 5. The molecule has 20 heavy (non-hydrogen) atoms. The molecular formula is C13H16FNO5. The molecule has 0 radical (unpaired) electrons. The number of ether oxygens (including phenoxy) is 2. The molecule has 1 aromatic carbocycles. The number of amides is 1. The van der Waals surface area contributed by atoms with Crippen LogP contribution in [0.2, 0.25) is 0 Å². The van der Waals surface area contributed by atoms with Crippen LogP contribution in [0.4, 0.5) is 4.39 Å². The molecule has 110 valence electrons. The van der Waals surface area contributed by atoms with Crippen LogP contribution in [0.1, 0.15) is 5.56 Å². The van der Waals surface area contributed by atoms with Gasteiger partial charge in [-0.25, -0.2) is 9.18 Å². The topological polar surface area (TPSA) is 84.9 Å². The fourth-order valence-electron chi connectivity index (χ4n) is 1.57. The first kappa shape index (κ1) is 15.9. The molecule has 0 aliphatic carbocycles. The Hall–Kier alpha value is -2.15. The minimum Gasteiger partial charge on any atom is -0.494 e. The van der Waals surface area contributed by atoms with E-state index in [2.05, 4.69) is 10.1 Å². The average molecular weight is 285 g/mol. The Balaban J connectivity index is 2.66. The van der Waals surface area contributed by atoms with E-state index in [1.165, 1.54) is 25.3 Å². The van der Waals surface area contributed by atoms with Gasteiger partial charge in [-0.3, -0.25) is 4.79 Å². The number of nitrogens with one attached hydrogen (secondary N) is 1. The van der Waals surface area contributed by atoms with Gasteiger partial charge in [-0.15, -0.1) is 0 Å². The van der Waals surface area contributed by atoms with E-state index in [-0.39, 0.29) is 12.2 Å². The average Bonchev–Trinajstić information content (AvgIpc) is 2.44. The summed E-state index contributed by atoms with van der Waals surface area (Å²) < 4.78 is 22.6. The number of carbonyl (C=O) groups excluding carboxylic acids is 2. The molecule has 7 heteroatoms. The maximum Gasteiger partial charge on any atom is 0.330 e. The minimum atomic E-state index is -1.13. The van der Waals surface area contributed by atoms with Gasteiger partial charge in [0.2, 0.25) is 5.91 Å². The van der Waals surface area contributed by atoms with Crippen LogP contribution in [0.3, 0.4) is 0 Å². The maximum absolute atomic E-state index is 13.4. The molecule has 0 aliphatic rings. The highest BCUT2D eigenvalue weighted by molar-refractivity contribution is 5.85. The Morgan fingerprint density at radius 3 is 2.60 bits per heavy atom. The Morgan fingerprint density at radius 1 is 1.40 bits per heavy atom. The van der Waals surface area contributed by atoms with Gasteiger partial charge >= 0.3 is 5.97 Å². The highest BCUT2D eigenvalue weighted by atomic mass is 19.1. The molecule has 1 atom stereocenters. The van der Waals surface area contributed by atoms with E-state index in [1.54, 1.807) is 0 Å². The first-order valence-corrected chi connectivity index (χ1v) is 5.82. The van der Waals surface area contributed by atoms with Crippen LogP contribution in [0, 0.1) is 5.82 Å². The lowest BCUT2D eigenvalue weighted by Gasteiger charge is -2.13. The number of aliphatic hydroxyl groups is 1. The smallest absolute Gasteiger partial charge is 0.330 e. The second kappa shape index (κ2) is 7.44. The van der Waals surface area contributed by atoms with E-state index in [0.29, 0.717) is 5.56 Å². The van der Waals surface area contributed by atoms with Crippen molar-refractivity contribution in [3.63, 3.8) is 0 Å². The van der Waals surface area contributed by atoms with E-state index < -0.39 is 30.3 Å². The zero-order chi connectivity index (χ0) is 15.1. The van der Waals surface area contributed by atoms with Gasteiger partial charge in [0, 0.05) is 0 Å². The van der Waals surface area contributed by atoms with Crippen molar-refractivity contribution in [2.45, 2.75) is 12.5 Å². The molecule has 1 amide bonds. The van der Waals surface area contributed by atoms with Gasteiger partial charge in [-0.05, 0) is 17.7 Å². The summed E-state index contributed by atoms with van der Waals surface area (Å²) in [5, 5.41) is 11.3. The lowest BCUT2D eigenvalue weighted by Crippen LogP contribution is -2.44. The second-order valence-corrected chi connectivity index (χ2v) is 3.97. The van der Waals surface area contributed by atoms with Crippen molar-refractivity contribution in [2.24, 2.45) is 0 Å². The van der Waals surface area contributed by atoms with Crippen molar-refractivity contribution in [3.8, 4) is 5.75 Å². The third-order valence-corrected chi connectivity index (χ3v) is 2.58. The molecule has 0 aliphatic heterocycles.